The van der Waals surface area contributed by atoms with Gasteiger partial charge in [0.1, 0.15) is 5.75 Å². The molecule has 0 bridgehead atoms. The number of nitrogens with zero attached hydrogens (tertiary/aromatic N) is 5. The van der Waals surface area contributed by atoms with Gasteiger partial charge in [-0.15, -0.1) is 0 Å². The van der Waals surface area contributed by atoms with Crippen LogP contribution >= 0.6 is 0 Å². The van der Waals surface area contributed by atoms with Gasteiger partial charge in [-0.1, -0.05) is 26.2 Å². The molecular weight excluding hydrogens is 422 g/mol. The van der Waals surface area contributed by atoms with E-state index in [1.54, 1.807) is 0 Å². The third-order valence-corrected chi connectivity index (χ3v) is 5.84. The quantitative estimate of drug-likeness (QED) is 0.214. The van der Waals surface area contributed by atoms with Gasteiger partial charge in [-0.25, -0.2) is 0 Å². The summed E-state index contributed by atoms with van der Waals surface area (Å²) in [7, 11) is 0. The maximum atomic E-state index is 5.77. The second-order valence-electron chi connectivity index (χ2n) is 8.53. The zero-order valence-corrected chi connectivity index (χ0v) is 19.9. The summed E-state index contributed by atoms with van der Waals surface area (Å²) in [5.41, 5.74) is 4.45. The number of ether oxygens (including phenoxy) is 1. The largest absolute Gasteiger partial charge is 0.494 e. The van der Waals surface area contributed by atoms with Crippen molar-refractivity contribution >= 4 is 28.4 Å². The number of hydrogen-bond donors (Lipinski definition) is 0. The zero-order valence-electron chi connectivity index (χ0n) is 19.9. The number of rotatable bonds is 11. The van der Waals surface area contributed by atoms with E-state index in [0.717, 1.165) is 54.6 Å². The van der Waals surface area contributed by atoms with Gasteiger partial charge < -0.3 is 9.64 Å². The van der Waals surface area contributed by atoms with Gasteiger partial charge in [-0.2, -0.15) is 20.5 Å². The van der Waals surface area contributed by atoms with E-state index in [-0.39, 0.29) is 0 Å². The van der Waals surface area contributed by atoms with Crippen LogP contribution in [0.5, 0.6) is 5.75 Å². The molecule has 3 aromatic rings. The molecule has 0 spiro atoms. The maximum Gasteiger partial charge on any atom is 0.119 e. The summed E-state index contributed by atoms with van der Waals surface area (Å²) in [6.07, 6.45) is 7.36. The first kappa shape index (κ1) is 23.6. The van der Waals surface area contributed by atoms with E-state index < -0.39 is 0 Å². The van der Waals surface area contributed by atoms with Crippen molar-refractivity contribution in [1.29, 1.82) is 0 Å². The van der Waals surface area contributed by atoms with E-state index in [1.807, 2.05) is 60.7 Å². The van der Waals surface area contributed by atoms with Crippen LogP contribution in [0.1, 0.15) is 45.4 Å². The molecule has 0 amide bonds. The highest BCUT2D eigenvalue weighted by Crippen LogP contribution is 2.26. The number of anilines is 1. The maximum absolute atomic E-state index is 5.77. The number of unbranched alkanes of at least 4 members (excludes halogenated alkanes) is 3. The van der Waals surface area contributed by atoms with Crippen LogP contribution in [0.25, 0.3) is 0 Å². The monoisotopic (exact) mass is 455 g/mol. The molecule has 6 heteroatoms. The van der Waals surface area contributed by atoms with Crippen LogP contribution < -0.4 is 9.64 Å². The van der Waals surface area contributed by atoms with E-state index in [4.69, 9.17) is 4.74 Å². The molecule has 1 heterocycles. The minimum absolute atomic E-state index is 0.758. The molecule has 0 aliphatic carbocycles. The standard InChI is InChI=1S/C28H33N5O/c1-2-3-4-7-22-34-28-18-14-26(15-19-28)32-30-24-10-8-23(9-11-24)29-31-25-12-16-27(17-13-25)33-20-5-6-21-33/h8-19H,2-7,20-22H2,1H3. The van der Waals surface area contributed by atoms with Gasteiger partial charge in [0, 0.05) is 18.8 Å². The van der Waals surface area contributed by atoms with Gasteiger partial charge in [0.05, 0.1) is 29.4 Å². The van der Waals surface area contributed by atoms with Crippen molar-refractivity contribution < 1.29 is 4.74 Å². The van der Waals surface area contributed by atoms with Crippen LogP contribution in [0.3, 0.4) is 0 Å². The highest BCUT2D eigenvalue weighted by Gasteiger charge is 2.11. The Hall–Kier alpha value is -3.54. The zero-order chi connectivity index (χ0) is 23.4. The van der Waals surface area contributed by atoms with Crippen LogP contribution in [0.15, 0.2) is 93.3 Å². The molecule has 176 valence electrons. The summed E-state index contributed by atoms with van der Waals surface area (Å²) >= 11 is 0. The minimum Gasteiger partial charge on any atom is -0.494 e. The lowest BCUT2D eigenvalue weighted by Crippen LogP contribution is -2.17. The highest BCUT2D eigenvalue weighted by atomic mass is 16.5. The molecule has 0 unspecified atom stereocenters. The molecule has 0 saturated carbocycles. The summed E-state index contributed by atoms with van der Waals surface area (Å²) in [5, 5.41) is 17.3. The summed E-state index contributed by atoms with van der Waals surface area (Å²) in [6, 6.07) is 23.6. The Morgan fingerprint density at radius 2 is 1.09 bits per heavy atom. The van der Waals surface area contributed by atoms with Gasteiger partial charge in [0.2, 0.25) is 0 Å². The van der Waals surface area contributed by atoms with E-state index in [9.17, 15) is 0 Å². The van der Waals surface area contributed by atoms with Crippen molar-refractivity contribution in [3.8, 4) is 5.75 Å². The second-order valence-corrected chi connectivity index (χ2v) is 8.53. The Labute approximate surface area is 202 Å². The first-order valence-corrected chi connectivity index (χ1v) is 12.3. The van der Waals surface area contributed by atoms with Crippen LogP contribution in [-0.2, 0) is 0 Å². The fourth-order valence-corrected chi connectivity index (χ4v) is 3.85. The normalized spacial score (nSPS) is 13.9. The molecule has 1 saturated heterocycles. The smallest absolute Gasteiger partial charge is 0.119 e. The van der Waals surface area contributed by atoms with E-state index in [2.05, 4.69) is 44.4 Å². The molecule has 1 fully saturated rings. The van der Waals surface area contributed by atoms with Crippen molar-refractivity contribution in [2.75, 3.05) is 24.6 Å². The average molecular weight is 456 g/mol. The summed E-state index contributed by atoms with van der Waals surface area (Å²) in [4.78, 5) is 2.41. The lowest BCUT2D eigenvalue weighted by molar-refractivity contribution is 0.305. The first-order valence-electron chi connectivity index (χ1n) is 12.3. The predicted molar refractivity (Wildman–Crippen MR) is 139 cm³/mol. The first-order chi connectivity index (χ1) is 16.8. The molecule has 0 radical (unpaired) electrons. The van der Waals surface area contributed by atoms with Crippen molar-refractivity contribution in [1.82, 2.24) is 0 Å². The lowest BCUT2D eigenvalue weighted by Gasteiger charge is -2.17. The Morgan fingerprint density at radius 1 is 0.618 bits per heavy atom. The van der Waals surface area contributed by atoms with Crippen LogP contribution in [0, 0.1) is 0 Å². The van der Waals surface area contributed by atoms with Gasteiger partial charge in [0.25, 0.3) is 0 Å². The molecule has 0 atom stereocenters. The minimum atomic E-state index is 0.758. The van der Waals surface area contributed by atoms with Gasteiger partial charge in [-0.3, -0.25) is 0 Å². The van der Waals surface area contributed by atoms with Crippen LogP contribution in [0.2, 0.25) is 0 Å². The van der Waals surface area contributed by atoms with Crippen LogP contribution in [0.4, 0.5) is 28.4 Å². The van der Waals surface area contributed by atoms with Gasteiger partial charge in [-0.05, 0) is 92.1 Å². The average Bonchev–Trinajstić information content (AvgIpc) is 3.43. The third kappa shape index (κ3) is 7.24. The fraction of sp³-hybridized carbons (Fsp3) is 0.357. The second kappa shape index (κ2) is 12.6. The fourth-order valence-electron chi connectivity index (χ4n) is 3.85. The molecular formula is C28H33N5O. The van der Waals surface area contributed by atoms with Gasteiger partial charge >= 0.3 is 0 Å². The number of benzene rings is 3. The van der Waals surface area contributed by atoms with Gasteiger partial charge in [0.15, 0.2) is 0 Å². The van der Waals surface area contributed by atoms with Crippen molar-refractivity contribution in [3.05, 3.63) is 72.8 Å². The Kier molecular flexibility index (Phi) is 8.77. The highest BCUT2D eigenvalue weighted by molar-refractivity contribution is 5.54. The molecule has 34 heavy (non-hydrogen) atoms. The topological polar surface area (TPSA) is 61.9 Å². The summed E-state index contributed by atoms with van der Waals surface area (Å²) in [6.45, 7) is 5.25. The molecule has 0 aromatic heterocycles. The molecule has 0 N–H and O–H groups in total. The van der Waals surface area contributed by atoms with E-state index >= 15 is 0 Å². The Bertz CT molecular complexity index is 1050. The Morgan fingerprint density at radius 3 is 1.59 bits per heavy atom. The van der Waals surface area contributed by atoms with E-state index in [1.165, 1.54) is 37.8 Å². The Balaban J connectivity index is 1.26. The number of azo groups is 2. The third-order valence-electron chi connectivity index (χ3n) is 5.84. The van der Waals surface area contributed by atoms with Crippen LogP contribution in [-0.4, -0.2) is 19.7 Å². The van der Waals surface area contributed by atoms with E-state index in [0.29, 0.717) is 0 Å². The number of hydrogen-bond acceptors (Lipinski definition) is 6. The molecule has 3 aromatic carbocycles. The summed E-state index contributed by atoms with van der Waals surface area (Å²) in [5.74, 6) is 0.871. The molecule has 1 aliphatic heterocycles. The van der Waals surface area contributed by atoms with Crippen molar-refractivity contribution in [2.45, 2.75) is 45.4 Å². The van der Waals surface area contributed by atoms with Crippen molar-refractivity contribution in [2.24, 2.45) is 20.5 Å². The van der Waals surface area contributed by atoms with Crippen molar-refractivity contribution in [3.63, 3.8) is 0 Å². The SMILES string of the molecule is CCCCCCOc1ccc(N=Nc2ccc(N=Nc3ccc(N4CCCC4)cc3)cc2)cc1. The lowest BCUT2D eigenvalue weighted by atomic mass is 10.2. The molecule has 6 nitrogen and oxygen atoms in total. The summed E-state index contributed by atoms with van der Waals surface area (Å²) < 4.78 is 5.77. The predicted octanol–water partition coefficient (Wildman–Crippen LogP) is 9.08. The molecule has 4 rings (SSSR count). The molecule has 1 aliphatic rings.